The fraction of sp³-hybridized carbons (Fsp3) is 0.486. The highest BCUT2D eigenvalue weighted by Gasteiger charge is 2.79. The third-order valence-corrected chi connectivity index (χ3v) is 10.5. The average molecular weight is 655 g/mol. The Morgan fingerprint density at radius 1 is 1.00 bits per heavy atom. The van der Waals surface area contributed by atoms with Gasteiger partial charge in [-0.05, 0) is 56.2 Å². The van der Waals surface area contributed by atoms with E-state index in [0.29, 0.717) is 63.7 Å². The Morgan fingerprint density at radius 2 is 1.73 bits per heavy atom. The Kier molecular flexibility index (Phi) is 9.80. The topological polar surface area (TPSA) is 121 Å². The highest BCUT2D eigenvalue weighted by molar-refractivity contribution is 5.99. The number of hydrogen-bond donors (Lipinski definition) is 1. The summed E-state index contributed by atoms with van der Waals surface area (Å²) in [4.78, 5) is 49.4. The normalized spacial score (nSPS) is 25.8. The zero-order valence-corrected chi connectivity index (χ0v) is 27.7. The summed E-state index contributed by atoms with van der Waals surface area (Å²) in [7, 11) is 0. The van der Waals surface area contributed by atoms with Crippen molar-refractivity contribution in [2.24, 2.45) is 11.8 Å². The van der Waals surface area contributed by atoms with Gasteiger partial charge in [-0.3, -0.25) is 14.4 Å². The number of aliphatic hydroxyl groups excluding tert-OH is 1. The molecule has 5 atom stereocenters. The molecule has 0 saturated carbocycles. The van der Waals surface area contributed by atoms with E-state index in [-0.39, 0.29) is 37.5 Å². The lowest BCUT2D eigenvalue weighted by Crippen LogP contribution is -2.56. The second-order valence-corrected chi connectivity index (χ2v) is 13.2. The first-order chi connectivity index (χ1) is 23.3. The Bertz CT molecular complexity index is 1660. The summed E-state index contributed by atoms with van der Waals surface area (Å²) < 4.78 is 8.72. The highest BCUT2D eigenvalue weighted by atomic mass is 16.5. The summed E-state index contributed by atoms with van der Waals surface area (Å²) in [6.45, 7) is 11.2. The number of aromatic nitrogens is 3. The Balaban J connectivity index is 1.38. The van der Waals surface area contributed by atoms with E-state index in [4.69, 9.17) is 4.74 Å². The van der Waals surface area contributed by atoms with Crippen molar-refractivity contribution in [3.63, 3.8) is 0 Å². The van der Waals surface area contributed by atoms with E-state index in [1.807, 2.05) is 61.5 Å². The van der Waals surface area contributed by atoms with Crippen LogP contribution in [0.5, 0.6) is 0 Å². The Hall–Kier alpha value is -4.35. The molecule has 3 saturated heterocycles. The van der Waals surface area contributed by atoms with Gasteiger partial charge in [-0.25, -0.2) is 4.68 Å². The minimum atomic E-state index is -1.15. The first-order valence-electron chi connectivity index (χ1n) is 17.1. The number of amides is 3. The molecule has 11 nitrogen and oxygen atoms in total. The molecule has 6 rings (SSSR count). The van der Waals surface area contributed by atoms with Crippen LogP contribution < -0.4 is 0 Å². The first-order valence-corrected chi connectivity index (χ1v) is 17.1. The number of likely N-dealkylation sites (tertiary alicyclic amines) is 1. The lowest BCUT2D eigenvalue weighted by Gasteiger charge is -2.37. The highest BCUT2D eigenvalue weighted by Crippen LogP contribution is 2.64. The van der Waals surface area contributed by atoms with E-state index >= 15 is 0 Å². The maximum absolute atomic E-state index is 14.9. The fourth-order valence-corrected chi connectivity index (χ4v) is 8.30. The molecule has 3 fully saturated rings. The maximum atomic E-state index is 14.9. The molecule has 0 radical (unpaired) electrons. The lowest BCUT2D eigenvalue weighted by atomic mass is 9.64. The van der Waals surface area contributed by atoms with Crippen LogP contribution in [-0.4, -0.2) is 96.0 Å². The van der Waals surface area contributed by atoms with Crippen molar-refractivity contribution in [2.75, 3.05) is 26.2 Å². The summed E-state index contributed by atoms with van der Waals surface area (Å²) in [5.41, 5.74) is 0.465. The molecule has 2 bridgehead atoms. The number of carbonyl (C=O) groups excluding carboxylic acids is 3. The molecule has 254 valence electrons. The molecule has 0 aliphatic carbocycles. The zero-order chi connectivity index (χ0) is 33.9. The molecule has 3 aliphatic heterocycles. The Morgan fingerprint density at radius 3 is 2.46 bits per heavy atom. The smallest absolute Gasteiger partial charge is 0.250 e. The molecule has 2 unspecified atom stereocenters. The van der Waals surface area contributed by atoms with E-state index < -0.39 is 29.1 Å². The van der Waals surface area contributed by atoms with Crippen LogP contribution in [0.3, 0.4) is 0 Å². The van der Waals surface area contributed by atoms with Crippen molar-refractivity contribution in [3.05, 3.63) is 85.5 Å². The molecule has 4 heterocycles. The quantitative estimate of drug-likeness (QED) is 0.184. The fourth-order valence-electron chi connectivity index (χ4n) is 8.30. The van der Waals surface area contributed by atoms with Crippen LogP contribution in [0.1, 0.15) is 51.0 Å². The predicted molar refractivity (Wildman–Crippen MR) is 181 cm³/mol. The van der Waals surface area contributed by atoms with Crippen molar-refractivity contribution in [1.29, 1.82) is 0 Å². The van der Waals surface area contributed by atoms with E-state index in [1.54, 1.807) is 31.5 Å². The van der Waals surface area contributed by atoms with Crippen LogP contribution in [0.15, 0.2) is 79.9 Å². The minimum absolute atomic E-state index is 0.0566. The largest absolute Gasteiger partial charge is 0.396 e. The van der Waals surface area contributed by atoms with Crippen molar-refractivity contribution >= 4 is 28.8 Å². The molecule has 11 heteroatoms. The van der Waals surface area contributed by atoms with Crippen LogP contribution in [0, 0.1) is 11.8 Å². The monoisotopic (exact) mass is 654 g/mol. The predicted octanol–water partition coefficient (Wildman–Crippen LogP) is 3.94. The summed E-state index contributed by atoms with van der Waals surface area (Å²) in [6, 6.07) is 16.4. The minimum Gasteiger partial charge on any atom is -0.396 e. The Labute approximate surface area is 281 Å². The second kappa shape index (κ2) is 14.0. The zero-order valence-electron chi connectivity index (χ0n) is 27.7. The molecule has 1 N–H and O–H groups in total. The van der Waals surface area contributed by atoms with Gasteiger partial charge in [0.15, 0.2) is 0 Å². The number of carbonyl (C=O) groups is 3. The van der Waals surface area contributed by atoms with E-state index in [1.165, 1.54) is 0 Å². The third kappa shape index (κ3) is 5.72. The number of nitrogens with zero attached hydrogens (tertiary/aromatic N) is 6. The average Bonchev–Trinajstić information content (AvgIpc) is 3.83. The molecule has 3 amide bonds. The number of fused-ring (bicyclic) bond motifs is 2. The van der Waals surface area contributed by atoms with Gasteiger partial charge in [0.05, 0.1) is 23.0 Å². The molecule has 48 heavy (non-hydrogen) atoms. The van der Waals surface area contributed by atoms with Crippen LogP contribution >= 0.6 is 0 Å². The third-order valence-electron chi connectivity index (χ3n) is 10.5. The van der Waals surface area contributed by atoms with Gasteiger partial charge in [-0.2, -0.15) is 0 Å². The van der Waals surface area contributed by atoms with Crippen molar-refractivity contribution in [2.45, 2.75) is 75.9 Å². The van der Waals surface area contributed by atoms with Gasteiger partial charge in [0.25, 0.3) is 0 Å². The van der Waals surface area contributed by atoms with Gasteiger partial charge in [-0.1, -0.05) is 66.8 Å². The number of ether oxygens (including phenoxy) is 1. The molecule has 1 aromatic heterocycles. The number of aliphatic hydroxyl groups is 1. The van der Waals surface area contributed by atoms with E-state index in [9.17, 15) is 19.5 Å². The molecule has 2 aromatic carbocycles. The van der Waals surface area contributed by atoms with Gasteiger partial charge in [-0.15, -0.1) is 18.3 Å². The summed E-state index contributed by atoms with van der Waals surface area (Å²) in [6.07, 6.45) is 6.91. The SMILES string of the molecule is C=CCN(Cn1nnc2ccccc21)C(=O)C1N(CCCCCO)C(=O)[C@@H]2[C@H](C(=O)N(CC=C)Cc3ccccc3)[C@]3(CC)CCC12O3. The van der Waals surface area contributed by atoms with Crippen molar-refractivity contribution in [3.8, 4) is 0 Å². The van der Waals surface area contributed by atoms with Crippen LogP contribution in [0.4, 0.5) is 0 Å². The van der Waals surface area contributed by atoms with Crippen LogP contribution in [0.25, 0.3) is 11.0 Å². The first kappa shape index (κ1) is 33.5. The number of rotatable bonds is 16. The van der Waals surface area contributed by atoms with Gasteiger partial charge in [0.2, 0.25) is 17.7 Å². The molecule has 3 aliphatic rings. The molecule has 1 spiro atoms. The summed E-state index contributed by atoms with van der Waals surface area (Å²) in [5.74, 6) is -2.16. The number of para-hydroxylation sites is 1. The number of unbranched alkanes of at least 4 members (excludes halogenated alkanes) is 2. The van der Waals surface area contributed by atoms with Gasteiger partial charge in [0.1, 0.15) is 23.8 Å². The van der Waals surface area contributed by atoms with Crippen molar-refractivity contribution < 1.29 is 24.2 Å². The van der Waals surface area contributed by atoms with E-state index in [0.717, 1.165) is 11.1 Å². The van der Waals surface area contributed by atoms with Crippen LogP contribution in [-0.2, 0) is 32.3 Å². The van der Waals surface area contributed by atoms with Gasteiger partial charge in [0, 0.05) is 32.8 Å². The van der Waals surface area contributed by atoms with Gasteiger partial charge < -0.3 is 24.5 Å². The summed E-state index contributed by atoms with van der Waals surface area (Å²) in [5, 5.41) is 18.0. The lowest BCUT2D eigenvalue weighted by molar-refractivity contribution is -0.156. The van der Waals surface area contributed by atoms with Crippen LogP contribution in [0.2, 0.25) is 0 Å². The number of hydrogen-bond acceptors (Lipinski definition) is 7. The summed E-state index contributed by atoms with van der Waals surface area (Å²) >= 11 is 0. The van der Waals surface area contributed by atoms with Gasteiger partial charge >= 0.3 is 0 Å². The van der Waals surface area contributed by atoms with Crippen molar-refractivity contribution in [1.82, 2.24) is 29.7 Å². The standard InChI is InChI=1S/C37H46N6O5/c1-4-21-40(25-27-15-9-7-10-16-27)33(45)30-31-34(46)42(23-13-8-14-24-44)32(37(31)20-19-36(30,6-3)48-37)35(47)41(22-5-2)26-43-29-18-12-11-17-28(29)38-39-43/h4-5,7,9-12,15-18,30-32,44H,1-2,6,8,13-14,19-26H2,3H3/t30-,31+,32?,36+,37?/m1/s1. The second-order valence-electron chi connectivity index (χ2n) is 13.2. The maximum Gasteiger partial charge on any atom is 0.250 e. The molecular formula is C37H46N6O5. The number of benzene rings is 2. The molecular weight excluding hydrogens is 608 g/mol. The van der Waals surface area contributed by atoms with E-state index in [2.05, 4.69) is 23.5 Å². The molecule has 3 aromatic rings.